The highest BCUT2D eigenvalue weighted by molar-refractivity contribution is 9.11. The molecule has 1 aliphatic rings. The fourth-order valence-corrected chi connectivity index (χ4v) is 3.41. The first-order chi connectivity index (χ1) is 7.18. The van der Waals surface area contributed by atoms with E-state index < -0.39 is 0 Å². The molecular formula is C11H14Br2N2. The van der Waals surface area contributed by atoms with Crippen LogP contribution in [0.5, 0.6) is 0 Å². The van der Waals surface area contributed by atoms with Gasteiger partial charge in [-0.05, 0) is 56.8 Å². The van der Waals surface area contributed by atoms with E-state index >= 15 is 0 Å². The van der Waals surface area contributed by atoms with Gasteiger partial charge in [-0.3, -0.25) is 0 Å². The molecule has 0 bridgehead atoms. The van der Waals surface area contributed by atoms with Crippen molar-refractivity contribution < 1.29 is 0 Å². The van der Waals surface area contributed by atoms with E-state index in [-0.39, 0.29) is 0 Å². The molecule has 0 aromatic heterocycles. The maximum Gasteiger partial charge on any atom is 0.0655 e. The molecule has 2 nitrogen and oxygen atoms in total. The van der Waals surface area contributed by atoms with Gasteiger partial charge in [-0.1, -0.05) is 6.07 Å². The van der Waals surface area contributed by atoms with Crippen LogP contribution in [0.3, 0.4) is 0 Å². The fraction of sp³-hybridized carbons (Fsp3) is 0.455. The van der Waals surface area contributed by atoms with Gasteiger partial charge >= 0.3 is 0 Å². The first-order valence-electron chi connectivity index (χ1n) is 5.13. The summed E-state index contributed by atoms with van der Waals surface area (Å²) in [4.78, 5) is 2.39. The Balaban J connectivity index is 2.22. The molecule has 0 aliphatic carbocycles. The predicted octanol–water partition coefficient (Wildman–Crippen LogP) is 3.14. The summed E-state index contributed by atoms with van der Waals surface area (Å²) in [5, 5.41) is 0. The number of halogens is 2. The number of nitrogens with two attached hydrogens (primary N) is 1. The first kappa shape index (κ1) is 11.4. The van der Waals surface area contributed by atoms with Crippen LogP contribution in [0.4, 0.5) is 5.69 Å². The van der Waals surface area contributed by atoms with Crippen LogP contribution in [0, 0.1) is 0 Å². The van der Waals surface area contributed by atoms with Gasteiger partial charge in [0.2, 0.25) is 0 Å². The lowest BCUT2D eigenvalue weighted by Gasteiger charge is -2.33. The minimum absolute atomic E-state index is 0.377. The molecular weight excluding hydrogens is 320 g/mol. The zero-order valence-electron chi connectivity index (χ0n) is 8.42. The van der Waals surface area contributed by atoms with Crippen molar-refractivity contribution in [2.45, 2.75) is 18.9 Å². The number of anilines is 1. The van der Waals surface area contributed by atoms with Crippen LogP contribution < -0.4 is 10.6 Å². The third-order valence-electron chi connectivity index (χ3n) is 2.79. The Kier molecular flexibility index (Phi) is 3.69. The third-order valence-corrected chi connectivity index (χ3v) is 4.07. The molecule has 1 aromatic carbocycles. The van der Waals surface area contributed by atoms with E-state index in [9.17, 15) is 0 Å². The van der Waals surface area contributed by atoms with Crippen molar-refractivity contribution in [1.29, 1.82) is 0 Å². The van der Waals surface area contributed by atoms with E-state index in [1.807, 2.05) is 6.07 Å². The Labute approximate surface area is 107 Å². The molecule has 0 saturated carbocycles. The molecule has 1 fully saturated rings. The number of rotatable bonds is 1. The van der Waals surface area contributed by atoms with Gasteiger partial charge in [-0.25, -0.2) is 0 Å². The molecule has 1 aromatic rings. The molecule has 0 spiro atoms. The zero-order chi connectivity index (χ0) is 10.8. The molecule has 0 amide bonds. The number of piperidine rings is 1. The number of para-hydroxylation sites is 1. The van der Waals surface area contributed by atoms with E-state index in [0.717, 1.165) is 34.9 Å². The van der Waals surface area contributed by atoms with Crippen LogP contribution in [0.25, 0.3) is 0 Å². The largest absolute Gasteiger partial charge is 0.370 e. The van der Waals surface area contributed by atoms with Gasteiger partial charge in [0.05, 0.1) is 5.69 Å². The SMILES string of the molecule is NC1CCN(c2c(Br)cccc2Br)CC1. The van der Waals surface area contributed by atoms with Crippen molar-refractivity contribution in [3.8, 4) is 0 Å². The summed E-state index contributed by atoms with van der Waals surface area (Å²) < 4.78 is 2.29. The summed E-state index contributed by atoms with van der Waals surface area (Å²) in [6.45, 7) is 2.09. The van der Waals surface area contributed by atoms with Gasteiger partial charge in [0, 0.05) is 28.1 Å². The highest BCUT2D eigenvalue weighted by Crippen LogP contribution is 2.35. The van der Waals surface area contributed by atoms with Crippen molar-refractivity contribution in [1.82, 2.24) is 0 Å². The second kappa shape index (κ2) is 4.85. The standard InChI is InChI=1S/C11H14Br2N2/c12-9-2-1-3-10(13)11(9)15-6-4-8(14)5-7-15/h1-3,8H,4-7,14H2. The monoisotopic (exact) mass is 332 g/mol. The van der Waals surface area contributed by atoms with Crippen molar-refractivity contribution in [3.05, 3.63) is 27.1 Å². The highest BCUT2D eigenvalue weighted by Gasteiger charge is 2.19. The normalized spacial score (nSPS) is 18.2. The Bertz CT molecular complexity index is 326. The Hall–Kier alpha value is -0.0600. The Morgan fingerprint density at radius 3 is 2.20 bits per heavy atom. The van der Waals surface area contributed by atoms with E-state index in [2.05, 4.69) is 48.9 Å². The quantitative estimate of drug-likeness (QED) is 0.855. The molecule has 0 atom stereocenters. The smallest absolute Gasteiger partial charge is 0.0655 e. The van der Waals surface area contributed by atoms with Crippen molar-refractivity contribution in [2.24, 2.45) is 5.73 Å². The maximum absolute atomic E-state index is 5.90. The number of nitrogens with zero attached hydrogens (tertiary/aromatic N) is 1. The van der Waals surface area contributed by atoms with E-state index in [4.69, 9.17) is 5.73 Å². The molecule has 2 N–H and O–H groups in total. The van der Waals surface area contributed by atoms with Crippen LogP contribution in [0.2, 0.25) is 0 Å². The molecule has 0 unspecified atom stereocenters. The van der Waals surface area contributed by atoms with Gasteiger partial charge in [-0.2, -0.15) is 0 Å². The molecule has 2 rings (SSSR count). The summed E-state index contributed by atoms with van der Waals surface area (Å²) >= 11 is 7.19. The number of hydrogen-bond acceptors (Lipinski definition) is 2. The summed E-state index contributed by atoms with van der Waals surface area (Å²) in [6, 6.07) is 6.57. The lowest BCUT2D eigenvalue weighted by Crippen LogP contribution is -2.39. The van der Waals surface area contributed by atoms with Gasteiger partial charge in [0.1, 0.15) is 0 Å². The fourth-order valence-electron chi connectivity index (χ4n) is 1.91. The first-order valence-corrected chi connectivity index (χ1v) is 6.71. The molecule has 0 radical (unpaired) electrons. The van der Waals surface area contributed by atoms with Crippen molar-refractivity contribution in [3.63, 3.8) is 0 Å². The van der Waals surface area contributed by atoms with Gasteiger partial charge < -0.3 is 10.6 Å². The van der Waals surface area contributed by atoms with E-state index in [0.29, 0.717) is 6.04 Å². The second-order valence-electron chi connectivity index (χ2n) is 3.89. The molecule has 4 heteroatoms. The van der Waals surface area contributed by atoms with Crippen LogP contribution in [0.15, 0.2) is 27.1 Å². The summed E-state index contributed by atoms with van der Waals surface area (Å²) in [6.07, 6.45) is 2.15. The molecule has 1 saturated heterocycles. The van der Waals surface area contributed by atoms with Gasteiger partial charge in [0.15, 0.2) is 0 Å². The molecule has 15 heavy (non-hydrogen) atoms. The minimum atomic E-state index is 0.377. The lowest BCUT2D eigenvalue weighted by atomic mass is 10.1. The van der Waals surface area contributed by atoms with Crippen LogP contribution in [-0.4, -0.2) is 19.1 Å². The summed E-state index contributed by atoms with van der Waals surface area (Å²) in [7, 11) is 0. The second-order valence-corrected chi connectivity index (χ2v) is 5.60. The maximum atomic E-state index is 5.90. The van der Waals surface area contributed by atoms with Crippen LogP contribution in [0.1, 0.15) is 12.8 Å². The van der Waals surface area contributed by atoms with Crippen LogP contribution in [-0.2, 0) is 0 Å². The average Bonchev–Trinajstić information content (AvgIpc) is 2.20. The van der Waals surface area contributed by atoms with E-state index in [1.165, 1.54) is 5.69 Å². The Morgan fingerprint density at radius 1 is 1.13 bits per heavy atom. The van der Waals surface area contributed by atoms with Gasteiger partial charge in [0.25, 0.3) is 0 Å². The topological polar surface area (TPSA) is 29.3 Å². The molecule has 82 valence electrons. The molecule has 1 aliphatic heterocycles. The zero-order valence-corrected chi connectivity index (χ0v) is 11.6. The van der Waals surface area contributed by atoms with E-state index in [1.54, 1.807) is 0 Å². The number of hydrogen-bond donors (Lipinski definition) is 1. The van der Waals surface area contributed by atoms with Crippen molar-refractivity contribution in [2.75, 3.05) is 18.0 Å². The average molecular weight is 334 g/mol. The number of benzene rings is 1. The highest BCUT2D eigenvalue weighted by atomic mass is 79.9. The van der Waals surface area contributed by atoms with Gasteiger partial charge in [-0.15, -0.1) is 0 Å². The lowest BCUT2D eigenvalue weighted by molar-refractivity contribution is 0.500. The molecule has 1 heterocycles. The van der Waals surface area contributed by atoms with Crippen LogP contribution >= 0.6 is 31.9 Å². The predicted molar refractivity (Wildman–Crippen MR) is 71.3 cm³/mol. The van der Waals surface area contributed by atoms with Crippen molar-refractivity contribution >= 4 is 37.5 Å². The third kappa shape index (κ3) is 2.55. The Morgan fingerprint density at radius 2 is 1.67 bits per heavy atom. The summed E-state index contributed by atoms with van der Waals surface area (Å²) in [5.74, 6) is 0. The summed E-state index contributed by atoms with van der Waals surface area (Å²) in [5.41, 5.74) is 7.16. The minimum Gasteiger partial charge on any atom is -0.370 e.